The molecule has 1 aromatic heterocycles. The molecule has 7 heteroatoms. The number of unbranched alkanes of at least 4 members (excludes halogenated alkanes) is 1. The number of rotatable bonds is 7. The Hall–Kier alpha value is -2.41. The first-order valence-corrected chi connectivity index (χ1v) is 10.9. The van der Waals surface area contributed by atoms with Crippen LogP contribution >= 0.6 is 0 Å². The third-order valence-electron chi connectivity index (χ3n) is 4.99. The molecule has 2 heterocycles. The third kappa shape index (κ3) is 3.43. The highest BCUT2D eigenvalue weighted by Crippen LogP contribution is 2.40. The maximum atomic E-state index is 13.5. The van der Waals surface area contributed by atoms with Gasteiger partial charge >= 0.3 is 5.97 Å². The number of aryl methyl sites for hydroxylation is 1. The lowest BCUT2D eigenvalue weighted by molar-refractivity contribution is -0.148. The number of carbonyl (C=O) groups is 2. The van der Waals surface area contributed by atoms with E-state index >= 15 is 0 Å². The normalized spacial score (nSPS) is 18.9. The zero-order valence-corrected chi connectivity index (χ0v) is 16.3. The van der Waals surface area contributed by atoms with Gasteiger partial charge in [-0.1, -0.05) is 25.5 Å². The Morgan fingerprint density at radius 2 is 2.00 bits per heavy atom. The molecule has 0 spiro atoms. The predicted molar refractivity (Wildman–Crippen MR) is 100 cm³/mol. The van der Waals surface area contributed by atoms with E-state index in [0.29, 0.717) is 18.7 Å². The zero-order valence-electron chi connectivity index (χ0n) is 15.5. The number of carbonyl (C=O) groups excluding carboxylic acids is 2. The summed E-state index contributed by atoms with van der Waals surface area (Å²) in [6.07, 6.45) is 4.82. The van der Waals surface area contributed by atoms with Crippen molar-refractivity contribution in [2.24, 2.45) is 0 Å². The largest absolute Gasteiger partial charge is 0.465 e. The summed E-state index contributed by atoms with van der Waals surface area (Å²) in [7, 11) is -3.46. The van der Waals surface area contributed by atoms with Crippen LogP contribution in [0.5, 0.6) is 0 Å². The molecular formula is C20H23NO5S. The van der Waals surface area contributed by atoms with Gasteiger partial charge < -0.3 is 9.30 Å². The van der Waals surface area contributed by atoms with Crippen molar-refractivity contribution in [1.82, 2.24) is 4.57 Å². The molecule has 0 aliphatic carbocycles. The predicted octanol–water partition coefficient (Wildman–Crippen LogP) is 2.76. The van der Waals surface area contributed by atoms with Gasteiger partial charge in [-0.15, -0.1) is 0 Å². The molecule has 0 saturated carbocycles. The van der Waals surface area contributed by atoms with Gasteiger partial charge in [-0.25, -0.2) is 8.42 Å². The van der Waals surface area contributed by atoms with Crippen LogP contribution in [0.2, 0.25) is 0 Å². The zero-order chi connectivity index (χ0) is 19.7. The third-order valence-corrected chi connectivity index (χ3v) is 6.10. The second kappa shape index (κ2) is 7.31. The van der Waals surface area contributed by atoms with Crippen LogP contribution in [0.25, 0.3) is 0 Å². The van der Waals surface area contributed by atoms with E-state index in [1.54, 1.807) is 18.2 Å². The molecule has 0 fully saturated rings. The van der Waals surface area contributed by atoms with Gasteiger partial charge in [-0.3, -0.25) is 9.59 Å². The van der Waals surface area contributed by atoms with Gasteiger partial charge in [0.2, 0.25) is 0 Å². The fourth-order valence-corrected chi connectivity index (χ4v) is 4.16. The molecule has 0 bridgehead atoms. The van der Waals surface area contributed by atoms with E-state index in [0.717, 1.165) is 19.1 Å². The molecule has 6 nitrogen and oxygen atoms in total. The first kappa shape index (κ1) is 19.4. The van der Waals surface area contributed by atoms with Crippen LogP contribution in [0, 0.1) is 0 Å². The highest BCUT2D eigenvalue weighted by Gasteiger charge is 2.53. The second-order valence-corrected chi connectivity index (χ2v) is 8.88. The number of nitrogens with zero attached hydrogens (tertiary/aromatic N) is 1. The molecule has 1 unspecified atom stereocenters. The lowest BCUT2D eigenvalue weighted by Crippen LogP contribution is -2.43. The lowest BCUT2D eigenvalue weighted by Gasteiger charge is -2.25. The Bertz CT molecular complexity index is 976. The van der Waals surface area contributed by atoms with E-state index in [4.69, 9.17) is 4.74 Å². The highest BCUT2D eigenvalue weighted by atomic mass is 32.2. The molecule has 0 saturated heterocycles. The highest BCUT2D eigenvalue weighted by molar-refractivity contribution is 7.90. The van der Waals surface area contributed by atoms with Crippen LogP contribution in [0.3, 0.4) is 0 Å². The van der Waals surface area contributed by atoms with Gasteiger partial charge in [0.25, 0.3) is 0 Å². The summed E-state index contributed by atoms with van der Waals surface area (Å²) in [5.41, 5.74) is -0.647. The summed E-state index contributed by atoms with van der Waals surface area (Å²) in [4.78, 5) is 26.6. The monoisotopic (exact) mass is 389 g/mol. The van der Waals surface area contributed by atoms with Crippen molar-refractivity contribution >= 4 is 21.6 Å². The van der Waals surface area contributed by atoms with Crippen molar-refractivity contribution < 1.29 is 22.7 Å². The van der Waals surface area contributed by atoms with Crippen LogP contribution in [0.15, 0.2) is 47.5 Å². The molecule has 27 heavy (non-hydrogen) atoms. The number of hydrogen-bond donors (Lipinski definition) is 0. The SMILES string of the molecule is CCCCOC(=O)C1(C(=O)c2cccc(S(C)(=O)=O)c2)CCn2cccc21. The van der Waals surface area contributed by atoms with E-state index in [2.05, 4.69) is 0 Å². The van der Waals surface area contributed by atoms with E-state index < -0.39 is 27.0 Å². The van der Waals surface area contributed by atoms with E-state index in [9.17, 15) is 18.0 Å². The average Bonchev–Trinajstić information content (AvgIpc) is 3.23. The van der Waals surface area contributed by atoms with E-state index in [1.807, 2.05) is 17.7 Å². The molecule has 1 aliphatic heterocycles. The Balaban J connectivity index is 2.05. The first-order chi connectivity index (χ1) is 12.8. The van der Waals surface area contributed by atoms with Crippen LogP contribution in [0.1, 0.15) is 42.2 Å². The van der Waals surface area contributed by atoms with Crippen LogP contribution in [-0.4, -0.2) is 37.6 Å². The van der Waals surface area contributed by atoms with Crippen molar-refractivity contribution in [3.05, 3.63) is 53.9 Å². The van der Waals surface area contributed by atoms with Crippen molar-refractivity contribution in [1.29, 1.82) is 0 Å². The Morgan fingerprint density at radius 3 is 2.70 bits per heavy atom. The fraction of sp³-hybridized carbons (Fsp3) is 0.400. The van der Waals surface area contributed by atoms with Gasteiger partial charge in [-0.2, -0.15) is 0 Å². The number of benzene rings is 1. The van der Waals surface area contributed by atoms with Crippen molar-refractivity contribution in [2.75, 3.05) is 12.9 Å². The molecule has 0 N–H and O–H groups in total. The molecule has 2 aromatic rings. The summed E-state index contributed by atoms with van der Waals surface area (Å²) in [5.74, 6) is -0.991. The maximum absolute atomic E-state index is 13.5. The number of fused-ring (bicyclic) bond motifs is 1. The summed E-state index contributed by atoms with van der Waals surface area (Å²) in [6, 6.07) is 9.40. The first-order valence-electron chi connectivity index (χ1n) is 8.98. The minimum absolute atomic E-state index is 0.0521. The molecule has 1 atom stereocenters. The quantitative estimate of drug-likeness (QED) is 0.315. The van der Waals surface area contributed by atoms with Gasteiger partial charge in [0, 0.05) is 30.3 Å². The lowest BCUT2D eigenvalue weighted by atomic mass is 9.76. The smallest absolute Gasteiger partial charge is 0.326 e. The van der Waals surface area contributed by atoms with E-state index in [1.165, 1.54) is 18.2 Å². The van der Waals surface area contributed by atoms with Gasteiger partial charge in [-0.05, 0) is 37.1 Å². The number of aromatic nitrogens is 1. The summed E-state index contributed by atoms with van der Waals surface area (Å²) in [6.45, 7) is 2.78. The number of hydrogen-bond acceptors (Lipinski definition) is 5. The standard InChI is InChI=1S/C20H23NO5S/c1-3-4-13-26-19(23)20(10-12-21-11-6-9-17(20)21)18(22)15-7-5-8-16(14-15)27(2,24)25/h5-9,11,14H,3-4,10,12-13H2,1-2H3. The Labute approximate surface area is 159 Å². The minimum atomic E-state index is -3.46. The van der Waals surface area contributed by atoms with Crippen molar-refractivity contribution in [3.63, 3.8) is 0 Å². The summed E-state index contributed by atoms with van der Waals surface area (Å²) >= 11 is 0. The van der Waals surface area contributed by atoms with Gasteiger partial charge in [0.05, 0.1) is 11.5 Å². The molecular weight excluding hydrogens is 366 g/mol. The van der Waals surface area contributed by atoms with Gasteiger partial charge in [0.15, 0.2) is 21.0 Å². The summed E-state index contributed by atoms with van der Waals surface area (Å²) in [5, 5.41) is 0. The maximum Gasteiger partial charge on any atom is 0.326 e. The molecule has 3 rings (SSSR count). The van der Waals surface area contributed by atoms with Crippen molar-refractivity contribution in [2.45, 2.75) is 43.0 Å². The summed E-state index contributed by atoms with van der Waals surface area (Å²) < 4.78 is 31.1. The molecule has 1 aliphatic rings. The number of ether oxygens (including phenoxy) is 1. The number of esters is 1. The van der Waals surface area contributed by atoms with Gasteiger partial charge in [0.1, 0.15) is 0 Å². The number of ketones is 1. The molecule has 1 aromatic carbocycles. The van der Waals surface area contributed by atoms with E-state index in [-0.39, 0.29) is 17.1 Å². The number of sulfone groups is 1. The van der Waals surface area contributed by atoms with Crippen LogP contribution in [0.4, 0.5) is 0 Å². The topological polar surface area (TPSA) is 82.4 Å². The Morgan fingerprint density at radius 1 is 1.22 bits per heavy atom. The minimum Gasteiger partial charge on any atom is -0.465 e. The van der Waals surface area contributed by atoms with Crippen LogP contribution < -0.4 is 0 Å². The average molecular weight is 389 g/mol. The molecule has 0 amide bonds. The Kier molecular flexibility index (Phi) is 5.24. The fourth-order valence-electron chi connectivity index (χ4n) is 3.49. The molecule has 0 radical (unpaired) electrons. The van der Waals surface area contributed by atoms with Crippen LogP contribution in [-0.2, 0) is 31.3 Å². The second-order valence-electron chi connectivity index (χ2n) is 6.86. The van der Waals surface area contributed by atoms with Crippen molar-refractivity contribution in [3.8, 4) is 0 Å². The number of Topliss-reactive ketones (excluding diaryl/α,β-unsaturated/α-hetero) is 1. The molecule has 144 valence electrons.